The number of halogens is 2. The molecule has 4 heteroatoms. The molecule has 0 radical (unpaired) electrons. The lowest BCUT2D eigenvalue weighted by atomic mass is 9.93. The van der Waals surface area contributed by atoms with Crippen LogP contribution in [0.4, 0.5) is 4.39 Å². The second kappa shape index (κ2) is 5.69. The van der Waals surface area contributed by atoms with Gasteiger partial charge in [-0.05, 0) is 44.9 Å². The van der Waals surface area contributed by atoms with Gasteiger partial charge in [-0.25, -0.2) is 4.39 Å². The molecule has 1 N–H and O–H groups in total. The third-order valence-electron chi connectivity index (χ3n) is 3.22. The summed E-state index contributed by atoms with van der Waals surface area (Å²) in [5.74, 6) is 0.138. The van der Waals surface area contributed by atoms with Crippen molar-refractivity contribution in [2.24, 2.45) is 0 Å². The lowest BCUT2D eigenvalue weighted by molar-refractivity contribution is 0.136. The lowest BCUT2D eigenvalue weighted by Gasteiger charge is -2.29. The fraction of sp³-hybridized carbons (Fsp3) is 0.538. The highest BCUT2D eigenvalue weighted by atomic mass is 35.5. The highest BCUT2D eigenvalue weighted by Gasteiger charge is 2.22. The topological polar surface area (TPSA) is 21.3 Å². The third kappa shape index (κ3) is 3.33. The van der Waals surface area contributed by atoms with Gasteiger partial charge in [-0.1, -0.05) is 11.6 Å². The van der Waals surface area contributed by atoms with Crippen LogP contribution < -0.4 is 10.1 Å². The fourth-order valence-electron chi connectivity index (χ4n) is 2.26. The molecule has 2 atom stereocenters. The molecule has 17 heavy (non-hydrogen) atoms. The van der Waals surface area contributed by atoms with Crippen molar-refractivity contribution in [3.63, 3.8) is 0 Å². The van der Waals surface area contributed by atoms with Crippen molar-refractivity contribution < 1.29 is 9.13 Å². The maximum absolute atomic E-state index is 13.1. The highest BCUT2D eigenvalue weighted by Crippen LogP contribution is 2.29. The Morgan fingerprint density at radius 3 is 3.00 bits per heavy atom. The lowest BCUT2D eigenvalue weighted by Crippen LogP contribution is -2.36. The van der Waals surface area contributed by atoms with Crippen LogP contribution >= 0.6 is 11.6 Å². The van der Waals surface area contributed by atoms with E-state index in [0.717, 1.165) is 19.3 Å². The van der Waals surface area contributed by atoms with Gasteiger partial charge < -0.3 is 10.1 Å². The molecule has 0 spiro atoms. The molecule has 0 saturated heterocycles. The van der Waals surface area contributed by atoms with Gasteiger partial charge >= 0.3 is 0 Å². The Morgan fingerprint density at radius 1 is 1.41 bits per heavy atom. The average molecular weight is 258 g/mol. The predicted octanol–water partition coefficient (Wildman–Crippen LogP) is 3.39. The number of ether oxygens (including phenoxy) is 1. The van der Waals surface area contributed by atoms with Gasteiger partial charge in [0.05, 0.1) is 5.02 Å². The monoisotopic (exact) mass is 257 g/mol. The molecule has 1 aliphatic rings. The highest BCUT2D eigenvalue weighted by molar-refractivity contribution is 6.32. The van der Waals surface area contributed by atoms with E-state index in [1.165, 1.54) is 24.6 Å². The first-order valence-corrected chi connectivity index (χ1v) is 6.36. The summed E-state index contributed by atoms with van der Waals surface area (Å²) in [5.41, 5.74) is 0. The van der Waals surface area contributed by atoms with Crippen LogP contribution in [0.3, 0.4) is 0 Å². The Balaban J connectivity index is 2.02. The Bertz CT molecular complexity index is 386. The summed E-state index contributed by atoms with van der Waals surface area (Å²) < 4.78 is 18.9. The predicted molar refractivity (Wildman–Crippen MR) is 67.1 cm³/mol. The van der Waals surface area contributed by atoms with Gasteiger partial charge in [0.2, 0.25) is 0 Å². The van der Waals surface area contributed by atoms with E-state index in [-0.39, 0.29) is 11.9 Å². The molecule has 1 saturated carbocycles. The molecule has 1 aromatic carbocycles. The number of nitrogens with one attached hydrogen (secondary N) is 1. The summed E-state index contributed by atoms with van der Waals surface area (Å²) >= 11 is 5.98. The zero-order valence-electron chi connectivity index (χ0n) is 9.88. The van der Waals surface area contributed by atoms with Gasteiger partial charge in [-0.2, -0.15) is 0 Å². The van der Waals surface area contributed by atoms with E-state index in [9.17, 15) is 4.39 Å². The van der Waals surface area contributed by atoms with E-state index >= 15 is 0 Å². The number of rotatable bonds is 3. The van der Waals surface area contributed by atoms with Crippen LogP contribution in [-0.2, 0) is 0 Å². The molecule has 94 valence electrons. The Labute approximate surface area is 106 Å². The van der Waals surface area contributed by atoms with Crippen LogP contribution in [0.25, 0.3) is 0 Å². The molecular formula is C13H17ClFNO. The first kappa shape index (κ1) is 12.7. The van der Waals surface area contributed by atoms with Crippen LogP contribution in [0.2, 0.25) is 5.02 Å². The number of benzene rings is 1. The van der Waals surface area contributed by atoms with Crippen LogP contribution in [0.1, 0.15) is 25.7 Å². The Morgan fingerprint density at radius 2 is 2.24 bits per heavy atom. The van der Waals surface area contributed by atoms with Crippen molar-refractivity contribution in [2.75, 3.05) is 7.05 Å². The summed E-state index contributed by atoms with van der Waals surface area (Å²) in [5, 5.41) is 3.73. The van der Waals surface area contributed by atoms with E-state index < -0.39 is 0 Å². The SMILES string of the molecule is CNC1CCCC(Oc2cc(F)ccc2Cl)C1. The number of hydrogen-bond acceptors (Lipinski definition) is 2. The molecule has 0 amide bonds. The molecule has 2 rings (SSSR count). The fourth-order valence-corrected chi connectivity index (χ4v) is 2.42. The van der Waals surface area contributed by atoms with Crippen LogP contribution in [0.15, 0.2) is 18.2 Å². The molecule has 1 fully saturated rings. The largest absolute Gasteiger partial charge is 0.489 e. The maximum Gasteiger partial charge on any atom is 0.141 e. The average Bonchev–Trinajstić information content (AvgIpc) is 2.34. The zero-order chi connectivity index (χ0) is 12.3. The van der Waals surface area contributed by atoms with Crippen molar-refractivity contribution >= 4 is 11.6 Å². The van der Waals surface area contributed by atoms with Gasteiger partial charge in [0.15, 0.2) is 0 Å². The summed E-state index contributed by atoms with van der Waals surface area (Å²) in [6, 6.07) is 4.71. The van der Waals surface area contributed by atoms with Gasteiger partial charge in [0.1, 0.15) is 17.7 Å². The molecular weight excluding hydrogens is 241 g/mol. The number of hydrogen-bond donors (Lipinski definition) is 1. The smallest absolute Gasteiger partial charge is 0.141 e. The standard InChI is InChI=1S/C13H17ClFNO/c1-16-10-3-2-4-11(8-10)17-13-7-9(15)5-6-12(13)14/h5-7,10-11,16H,2-4,8H2,1H3. The third-order valence-corrected chi connectivity index (χ3v) is 3.53. The summed E-state index contributed by atoms with van der Waals surface area (Å²) in [6.45, 7) is 0. The molecule has 0 aliphatic heterocycles. The van der Waals surface area contributed by atoms with Crippen molar-refractivity contribution in [2.45, 2.75) is 37.8 Å². The first-order valence-electron chi connectivity index (χ1n) is 5.98. The molecule has 0 aromatic heterocycles. The van der Waals surface area contributed by atoms with E-state index in [4.69, 9.17) is 16.3 Å². The molecule has 1 aromatic rings. The minimum atomic E-state index is -0.314. The van der Waals surface area contributed by atoms with Crippen LogP contribution in [0, 0.1) is 5.82 Å². The quantitative estimate of drug-likeness (QED) is 0.896. The van der Waals surface area contributed by atoms with Gasteiger partial charge in [0.25, 0.3) is 0 Å². The molecule has 0 heterocycles. The molecule has 0 bridgehead atoms. The van der Waals surface area contributed by atoms with Gasteiger partial charge in [0, 0.05) is 12.1 Å². The second-order valence-electron chi connectivity index (χ2n) is 4.47. The molecule has 2 nitrogen and oxygen atoms in total. The summed E-state index contributed by atoms with van der Waals surface area (Å²) in [4.78, 5) is 0. The summed E-state index contributed by atoms with van der Waals surface area (Å²) in [6.07, 6.45) is 4.38. The van der Waals surface area contributed by atoms with E-state index in [1.807, 2.05) is 7.05 Å². The van der Waals surface area contributed by atoms with Crippen molar-refractivity contribution in [1.82, 2.24) is 5.32 Å². The van der Waals surface area contributed by atoms with E-state index in [2.05, 4.69) is 5.32 Å². The maximum atomic E-state index is 13.1. The Hall–Kier alpha value is -0.800. The zero-order valence-corrected chi connectivity index (χ0v) is 10.6. The van der Waals surface area contributed by atoms with E-state index in [0.29, 0.717) is 16.8 Å². The molecule has 2 unspecified atom stereocenters. The first-order chi connectivity index (χ1) is 8.19. The second-order valence-corrected chi connectivity index (χ2v) is 4.87. The van der Waals surface area contributed by atoms with Crippen molar-refractivity contribution in [3.8, 4) is 5.75 Å². The van der Waals surface area contributed by atoms with E-state index in [1.54, 1.807) is 0 Å². The normalized spacial score (nSPS) is 24.6. The minimum Gasteiger partial charge on any atom is -0.489 e. The van der Waals surface area contributed by atoms with Crippen LogP contribution in [-0.4, -0.2) is 19.2 Å². The van der Waals surface area contributed by atoms with Crippen LogP contribution in [0.5, 0.6) is 5.75 Å². The van der Waals surface area contributed by atoms with Crippen molar-refractivity contribution in [1.29, 1.82) is 0 Å². The van der Waals surface area contributed by atoms with Gasteiger partial charge in [-0.15, -0.1) is 0 Å². The van der Waals surface area contributed by atoms with Crippen molar-refractivity contribution in [3.05, 3.63) is 29.0 Å². The van der Waals surface area contributed by atoms with Gasteiger partial charge in [-0.3, -0.25) is 0 Å². The summed E-state index contributed by atoms with van der Waals surface area (Å²) in [7, 11) is 1.96. The Kier molecular flexibility index (Phi) is 4.24. The molecule has 1 aliphatic carbocycles. The minimum absolute atomic E-state index is 0.125.